The van der Waals surface area contributed by atoms with E-state index < -0.39 is 11.8 Å². The van der Waals surface area contributed by atoms with Gasteiger partial charge in [-0.25, -0.2) is 14.2 Å². The van der Waals surface area contributed by atoms with Gasteiger partial charge >= 0.3 is 5.97 Å². The highest BCUT2D eigenvalue weighted by Gasteiger charge is 2.17. The summed E-state index contributed by atoms with van der Waals surface area (Å²) in [6, 6.07) is 2.67. The molecule has 0 unspecified atom stereocenters. The van der Waals surface area contributed by atoms with Gasteiger partial charge in [-0.2, -0.15) is 0 Å². The van der Waals surface area contributed by atoms with Gasteiger partial charge in [0, 0.05) is 6.20 Å². The van der Waals surface area contributed by atoms with E-state index in [0.717, 1.165) is 0 Å². The van der Waals surface area contributed by atoms with Crippen molar-refractivity contribution in [2.45, 2.75) is 6.92 Å². The first-order valence-electron chi connectivity index (χ1n) is 4.63. The minimum Gasteiger partial charge on any atom is -0.465 e. The standard InChI is InChI=1S/C11H9FN2O2/c1-6-5-13-10-8(14-6)4-3-7(12)9(10)11(15)16-2/h3-5H,1-2H3. The zero-order valence-corrected chi connectivity index (χ0v) is 8.82. The first kappa shape index (κ1) is 10.5. The summed E-state index contributed by atoms with van der Waals surface area (Å²) in [5, 5.41) is 0. The molecule has 2 rings (SSSR count). The van der Waals surface area contributed by atoms with E-state index in [1.54, 1.807) is 6.92 Å². The van der Waals surface area contributed by atoms with E-state index >= 15 is 0 Å². The molecule has 0 N–H and O–H groups in total. The molecular formula is C11H9FN2O2. The number of halogens is 1. The van der Waals surface area contributed by atoms with Gasteiger partial charge in [-0.1, -0.05) is 0 Å². The topological polar surface area (TPSA) is 52.1 Å². The van der Waals surface area contributed by atoms with Crippen LogP contribution in [0.1, 0.15) is 16.1 Å². The number of methoxy groups -OCH3 is 1. The van der Waals surface area contributed by atoms with Crippen LogP contribution >= 0.6 is 0 Å². The fraction of sp³-hybridized carbons (Fsp3) is 0.182. The number of aromatic nitrogens is 2. The van der Waals surface area contributed by atoms with Crippen LogP contribution < -0.4 is 0 Å². The number of hydrogen-bond acceptors (Lipinski definition) is 4. The van der Waals surface area contributed by atoms with E-state index in [2.05, 4.69) is 14.7 Å². The Morgan fingerprint density at radius 2 is 2.19 bits per heavy atom. The van der Waals surface area contributed by atoms with Gasteiger partial charge < -0.3 is 4.74 Å². The summed E-state index contributed by atoms with van der Waals surface area (Å²) in [5.41, 5.74) is 1.22. The van der Waals surface area contributed by atoms with Crippen molar-refractivity contribution in [1.82, 2.24) is 9.97 Å². The molecule has 1 heterocycles. The van der Waals surface area contributed by atoms with Crippen molar-refractivity contribution in [1.29, 1.82) is 0 Å². The molecule has 16 heavy (non-hydrogen) atoms. The van der Waals surface area contributed by atoms with Crippen molar-refractivity contribution in [3.63, 3.8) is 0 Å². The van der Waals surface area contributed by atoms with Crippen LogP contribution in [0.25, 0.3) is 11.0 Å². The minimum absolute atomic E-state index is 0.174. The Balaban J connectivity index is 2.79. The van der Waals surface area contributed by atoms with Crippen molar-refractivity contribution < 1.29 is 13.9 Å². The Morgan fingerprint density at radius 3 is 2.88 bits per heavy atom. The van der Waals surface area contributed by atoms with Crippen LogP contribution in [0.4, 0.5) is 4.39 Å². The van der Waals surface area contributed by atoms with Crippen LogP contribution in [0, 0.1) is 12.7 Å². The van der Waals surface area contributed by atoms with Gasteiger partial charge in [-0.05, 0) is 19.1 Å². The molecule has 0 fully saturated rings. The highest BCUT2D eigenvalue weighted by Crippen LogP contribution is 2.19. The average molecular weight is 220 g/mol. The van der Waals surface area contributed by atoms with E-state index in [1.807, 2.05) is 0 Å². The van der Waals surface area contributed by atoms with Gasteiger partial charge in [0.05, 0.1) is 18.3 Å². The fourth-order valence-corrected chi connectivity index (χ4v) is 1.45. The second-order valence-electron chi connectivity index (χ2n) is 3.29. The summed E-state index contributed by atoms with van der Waals surface area (Å²) < 4.78 is 18.0. The Hall–Kier alpha value is -2.04. The molecule has 0 amide bonds. The Labute approximate surface area is 91.1 Å². The highest BCUT2D eigenvalue weighted by atomic mass is 19.1. The van der Waals surface area contributed by atoms with E-state index in [0.29, 0.717) is 11.2 Å². The number of aryl methyl sites for hydroxylation is 1. The molecule has 2 aromatic rings. The first-order chi connectivity index (χ1) is 7.63. The lowest BCUT2D eigenvalue weighted by molar-refractivity contribution is 0.0597. The molecule has 0 saturated heterocycles. The number of esters is 1. The number of carbonyl (C=O) groups is 1. The van der Waals surface area contributed by atoms with Crippen molar-refractivity contribution in [2.24, 2.45) is 0 Å². The third-order valence-corrected chi connectivity index (χ3v) is 2.17. The maximum absolute atomic E-state index is 13.5. The normalized spacial score (nSPS) is 10.4. The molecule has 1 aromatic carbocycles. The fourth-order valence-electron chi connectivity index (χ4n) is 1.45. The lowest BCUT2D eigenvalue weighted by Gasteiger charge is -2.05. The zero-order valence-electron chi connectivity index (χ0n) is 8.82. The maximum Gasteiger partial charge on any atom is 0.343 e. The minimum atomic E-state index is -0.749. The third kappa shape index (κ3) is 1.60. The molecule has 0 saturated carbocycles. The molecule has 0 atom stereocenters. The van der Waals surface area contributed by atoms with E-state index in [-0.39, 0.29) is 11.1 Å². The average Bonchev–Trinajstić information content (AvgIpc) is 2.28. The Bertz CT molecular complexity index is 569. The van der Waals surface area contributed by atoms with Crippen LogP contribution in [0.3, 0.4) is 0 Å². The molecule has 82 valence electrons. The summed E-state index contributed by atoms with van der Waals surface area (Å²) >= 11 is 0. The van der Waals surface area contributed by atoms with Crippen molar-refractivity contribution >= 4 is 17.0 Å². The van der Waals surface area contributed by atoms with Gasteiger partial charge in [-0.3, -0.25) is 4.98 Å². The number of nitrogens with zero attached hydrogens (tertiary/aromatic N) is 2. The smallest absolute Gasteiger partial charge is 0.343 e. The number of hydrogen-bond donors (Lipinski definition) is 0. The largest absolute Gasteiger partial charge is 0.465 e. The van der Waals surface area contributed by atoms with Crippen molar-refractivity contribution in [3.8, 4) is 0 Å². The predicted octanol–water partition coefficient (Wildman–Crippen LogP) is 1.86. The zero-order chi connectivity index (χ0) is 11.7. The molecule has 0 spiro atoms. The molecule has 0 aliphatic carbocycles. The molecule has 1 aromatic heterocycles. The van der Waals surface area contributed by atoms with Crippen molar-refractivity contribution in [2.75, 3.05) is 7.11 Å². The van der Waals surface area contributed by atoms with Crippen LogP contribution in [0.2, 0.25) is 0 Å². The summed E-state index contributed by atoms with van der Waals surface area (Å²) in [4.78, 5) is 19.6. The lowest BCUT2D eigenvalue weighted by Crippen LogP contribution is -2.07. The maximum atomic E-state index is 13.5. The van der Waals surface area contributed by atoms with Crippen LogP contribution in [0.15, 0.2) is 18.3 Å². The number of fused-ring (bicyclic) bond motifs is 1. The molecule has 0 aliphatic rings. The summed E-state index contributed by atoms with van der Waals surface area (Å²) in [6.07, 6.45) is 1.48. The lowest BCUT2D eigenvalue weighted by atomic mass is 10.1. The summed E-state index contributed by atoms with van der Waals surface area (Å²) in [7, 11) is 1.20. The van der Waals surface area contributed by atoms with Crippen LogP contribution in [0.5, 0.6) is 0 Å². The quantitative estimate of drug-likeness (QED) is 0.688. The molecule has 5 heteroatoms. The third-order valence-electron chi connectivity index (χ3n) is 2.17. The Morgan fingerprint density at radius 1 is 1.44 bits per heavy atom. The van der Waals surface area contributed by atoms with Gasteiger partial charge in [-0.15, -0.1) is 0 Å². The first-order valence-corrected chi connectivity index (χ1v) is 4.63. The molecule has 0 aliphatic heterocycles. The molecule has 0 bridgehead atoms. The monoisotopic (exact) mass is 220 g/mol. The number of carbonyl (C=O) groups excluding carboxylic acids is 1. The second-order valence-corrected chi connectivity index (χ2v) is 3.29. The van der Waals surface area contributed by atoms with Gasteiger partial charge in [0.2, 0.25) is 0 Å². The number of benzene rings is 1. The molecule has 4 nitrogen and oxygen atoms in total. The van der Waals surface area contributed by atoms with E-state index in [1.165, 1.54) is 25.4 Å². The SMILES string of the molecule is COC(=O)c1c(F)ccc2nc(C)cnc12. The van der Waals surface area contributed by atoms with Gasteiger partial charge in [0.1, 0.15) is 16.9 Å². The van der Waals surface area contributed by atoms with Crippen LogP contribution in [-0.4, -0.2) is 23.0 Å². The van der Waals surface area contributed by atoms with Crippen molar-refractivity contribution in [3.05, 3.63) is 35.4 Å². The summed E-state index contributed by atoms with van der Waals surface area (Å²) in [6.45, 7) is 1.77. The van der Waals surface area contributed by atoms with E-state index in [4.69, 9.17) is 0 Å². The second kappa shape index (κ2) is 3.84. The number of rotatable bonds is 1. The Kier molecular flexibility index (Phi) is 2.52. The molecular weight excluding hydrogens is 211 g/mol. The van der Waals surface area contributed by atoms with E-state index in [9.17, 15) is 9.18 Å². The van der Waals surface area contributed by atoms with Gasteiger partial charge in [0.25, 0.3) is 0 Å². The highest BCUT2D eigenvalue weighted by molar-refractivity contribution is 6.01. The summed E-state index contributed by atoms with van der Waals surface area (Å²) in [5.74, 6) is -1.40. The predicted molar refractivity (Wildman–Crippen MR) is 55.6 cm³/mol. The van der Waals surface area contributed by atoms with Crippen LogP contribution in [-0.2, 0) is 4.74 Å². The van der Waals surface area contributed by atoms with Gasteiger partial charge in [0.15, 0.2) is 0 Å². The number of ether oxygens (including phenoxy) is 1. The molecule has 0 radical (unpaired) electrons.